The maximum atomic E-state index is 12.2. The molecule has 8 heteroatoms. The van der Waals surface area contributed by atoms with Gasteiger partial charge in [0.25, 0.3) is 0 Å². The highest BCUT2D eigenvalue weighted by Gasteiger charge is 2.24. The van der Waals surface area contributed by atoms with E-state index >= 15 is 0 Å². The van der Waals surface area contributed by atoms with Crippen LogP contribution in [0.3, 0.4) is 0 Å². The van der Waals surface area contributed by atoms with Gasteiger partial charge in [-0.1, -0.05) is 29.8 Å². The third-order valence-electron chi connectivity index (χ3n) is 3.11. The zero-order valence-electron chi connectivity index (χ0n) is 13.1. The van der Waals surface area contributed by atoms with E-state index in [4.69, 9.17) is 27.2 Å². The number of thiophene rings is 1. The van der Waals surface area contributed by atoms with Crippen LogP contribution in [0.1, 0.15) is 22.2 Å². The summed E-state index contributed by atoms with van der Waals surface area (Å²) in [7, 11) is 0. The van der Waals surface area contributed by atoms with E-state index in [1.807, 2.05) is 30.3 Å². The zero-order chi connectivity index (χ0) is 16.8. The first-order chi connectivity index (χ1) is 11.1. The number of anilines is 2. The first kappa shape index (κ1) is 20.7. The average Bonchev–Trinajstić information content (AvgIpc) is 2.84. The molecule has 1 atom stereocenters. The topological polar surface area (TPSA) is 84.6 Å². The summed E-state index contributed by atoms with van der Waals surface area (Å²) in [4.78, 5) is 13.0. The molecule has 0 saturated heterocycles. The van der Waals surface area contributed by atoms with Crippen molar-refractivity contribution in [2.45, 2.75) is 19.4 Å². The molecule has 1 unspecified atom stereocenters. The number of rotatable bonds is 7. The van der Waals surface area contributed by atoms with Crippen molar-refractivity contribution < 1.29 is 14.6 Å². The van der Waals surface area contributed by atoms with Gasteiger partial charge in [0.2, 0.25) is 0 Å². The fourth-order valence-electron chi connectivity index (χ4n) is 2.02. The Kier molecular flexibility index (Phi) is 8.52. The molecule has 0 aliphatic heterocycles. The van der Waals surface area contributed by atoms with Gasteiger partial charge in [-0.15, -0.1) is 23.7 Å². The maximum Gasteiger partial charge on any atom is 0.342 e. The van der Waals surface area contributed by atoms with Crippen molar-refractivity contribution in [2.75, 3.05) is 18.5 Å². The molecule has 0 saturated carbocycles. The standard InChI is InChI=1S/C16H19ClN2O3S.ClH/c1-2-22-16(21)13-14(17)12(8-10(18)9-20)23-15(13)19-11-6-4-3-5-7-11;/h3-7,10,19-20H,2,8-9,18H2,1H3;1H. The van der Waals surface area contributed by atoms with E-state index < -0.39 is 12.0 Å². The number of hydrogen-bond donors (Lipinski definition) is 3. The molecule has 4 N–H and O–H groups in total. The van der Waals surface area contributed by atoms with Crippen molar-refractivity contribution in [1.29, 1.82) is 0 Å². The van der Waals surface area contributed by atoms with Crippen LogP contribution in [0.5, 0.6) is 0 Å². The maximum absolute atomic E-state index is 12.2. The summed E-state index contributed by atoms with van der Waals surface area (Å²) in [5.74, 6) is -0.476. The van der Waals surface area contributed by atoms with Crippen LogP contribution in [-0.2, 0) is 11.2 Å². The first-order valence-corrected chi connectivity index (χ1v) is 8.43. The molecular formula is C16H20Cl2N2O3S. The van der Waals surface area contributed by atoms with Gasteiger partial charge >= 0.3 is 5.97 Å². The molecule has 2 rings (SSSR count). The molecule has 5 nitrogen and oxygen atoms in total. The predicted molar refractivity (Wildman–Crippen MR) is 101 cm³/mol. The van der Waals surface area contributed by atoms with Crippen molar-refractivity contribution in [3.63, 3.8) is 0 Å². The number of ether oxygens (including phenoxy) is 1. The second-order valence-corrected chi connectivity index (χ2v) is 6.38. The van der Waals surface area contributed by atoms with Gasteiger partial charge in [-0.3, -0.25) is 0 Å². The average molecular weight is 391 g/mol. The third kappa shape index (κ3) is 5.09. The minimum atomic E-state index is -0.476. The van der Waals surface area contributed by atoms with E-state index in [0.29, 0.717) is 22.0 Å². The van der Waals surface area contributed by atoms with Gasteiger partial charge in [-0.2, -0.15) is 0 Å². The van der Waals surface area contributed by atoms with E-state index in [1.54, 1.807) is 6.92 Å². The lowest BCUT2D eigenvalue weighted by Gasteiger charge is -2.07. The van der Waals surface area contributed by atoms with Crippen LogP contribution in [0.25, 0.3) is 0 Å². The summed E-state index contributed by atoms with van der Waals surface area (Å²) in [5.41, 5.74) is 6.93. The highest BCUT2D eigenvalue weighted by atomic mass is 35.5. The van der Waals surface area contributed by atoms with Crippen LogP contribution in [0.15, 0.2) is 30.3 Å². The molecule has 1 heterocycles. The van der Waals surface area contributed by atoms with Gasteiger partial charge in [-0.25, -0.2) is 4.79 Å². The Morgan fingerprint density at radius 1 is 1.42 bits per heavy atom. The fraction of sp³-hybridized carbons (Fsp3) is 0.312. The lowest BCUT2D eigenvalue weighted by Crippen LogP contribution is -2.26. The molecule has 1 aromatic heterocycles. The quantitative estimate of drug-likeness (QED) is 0.628. The summed E-state index contributed by atoms with van der Waals surface area (Å²) in [6.45, 7) is 1.86. The Hall–Kier alpha value is -1.31. The Morgan fingerprint density at radius 2 is 2.08 bits per heavy atom. The van der Waals surface area contributed by atoms with Crippen LogP contribution >= 0.6 is 35.3 Å². The highest BCUT2D eigenvalue weighted by Crippen LogP contribution is 2.39. The molecule has 132 valence electrons. The summed E-state index contributed by atoms with van der Waals surface area (Å²) in [6, 6.07) is 9.05. The molecule has 0 fully saturated rings. The van der Waals surface area contributed by atoms with Gasteiger partial charge in [0, 0.05) is 23.0 Å². The minimum Gasteiger partial charge on any atom is -0.462 e. The Labute approximate surface area is 156 Å². The number of aliphatic hydroxyl groups excluding tert-OH is 1. The Morgan fingerprint density at radius 3 is 2.67 bits per heavy atom. The van der Waals surface area contributed by atoms with Crippen LogP contribution in [0.4, 0.5) is 10.7 Å². The normalized spacial score (nSPS) is 11.5. The van der Waals surface area contributed by atoms with Crippen molar-refractivity contribution in [2.24, 2.45) is 5.73 Å². The number of carbonyl (C=O) groups excluding carboxylic acids is 1. The predicted octanol–water partition coefficient (Wildman–Crippen LogP) is 3.61. The Bertz CT molecular complexity index is 665. The second-order valence-electron chi connectivity index (χ2n) is 4.90. The summed E-state index contributed by atoms with van der Waals surface area (Å²) in [5, 5.41) is 13.3. The number of hydrogen-bond acceptors (Lipinski definition) is 6. The molecule has 0 radical (unpaired) electrons. The number of halogens is 2. The number of nitrogens with two attached hydrogens (primary N) is 1. The molecule has 0 bridgehead atoms. The van der Waals surface area contributed by atoms with E-state index in [1.165, 1.54) is 11.3 Å². The van der Waals surface area contributed by atoms with Crippen molar-refractivity contribution in [1.82, 2.24) is 0 Å². The van der Waals surface area contributed by atoms with Gasteiger partial charge in [0.1, 0.15) is 10.6 Å². The zero-order valence-corrected chi connectivity index (χ0v) is 15.5. The molecule has 0 spiro atoms. The van der Waals surface area contributed by atoms with Crippen LogP contribution in [-0.4, -0.2) is 30.3 Å². The van der Waals surface area contributed by atoms with Gasteiger partial charge in [0.05, 0.1) is 18.2 Å². The molecule has 2 aromatic rings. The number of nitrogens with one attached hydrogen (secondary N) is 1. The van der Waals surface area contributed by atoms with Crippen molar-refractivity contribution in [3.8, 4) is 0 Å². The van der Waals surface area contributed by atoms with Gasteiger partial charge in [-0.05, 0) is 19.1 Å². The first-order valence-electron chi connectivity index (χ1n) is 7.23. The summed E-state index contributed by atoms with van der Waals surface area (Å²) >= 11 is 7.70. The van der Waals surface area contributed by atoms with E-state index in [2.05, 4.69) is 5.32 Å². The molecule has 0 amide bonds. The Balaban J connectivity index is 0.00000288. The molecule has 0 aliphatic carbocycles. The van der Waals surface area contributed by atoms with Gasteiger partial charge < -0.3 is 20.9 Å². The fourth-order valence-corrected chi connectivity index (χ4v) is 3.63. The molecule has 0 aliphatic rings. The highest BCUT2D eigenvalue weighted by molar-refractivity contribution is 7.17. The van der Waals surface area contributed by atoms with Crippen LogP contribution < -0.4 is 11.1 Å². The third-order valence-corrected chi connectivity index (χ3v) is 4.77. The number of benzene rings is 1. The van der Waals surface area contributed by atoms with E-state index in [0.717, 1.165) is 10.6 Å². The lowest BCUT2D eigenvalue weighted by atomic mass is 10.2. The molecular weight excluding hydrogens is 371 g/mol. The molecule has 24 heavy (non-hydrogen) atoms. The van der Waals surface area contributed by atoms with E-state index in [9.17, 15) is 4.79 Å². The minimum absolute atomic E-state index is 0. The summed E-state index contributed by atoms with van der Waals surface area (Å²) in [6.07, 6.45) is 0.392. The van der Waals surface area contributed by atoms with Crippen molar-refractivity contribution >= 4 is 52.0 Å². The summed E-state index contributed by atoms with van der Waals surface area (Å²) < 4.78 is 5.09. The lowest BCUT2D eigenvalue weighted by molar-refractivity contribution is 0.0528. The van der Waals surface area contributed by atoms with Gasteiger partial charge in [0.15, 0.2) is 0 Å². The smallest absolute Gasteiger partial charge is 0.342 e. The number of aliphatic hydroxyl groups is 1. The van der Waals surface area contributed by atoms with Crippen LogP contribution in [0, 0.1) is 0 Å². The van der Waals surface area contributed by atoms with Crippen LogP contribution in [0.2, 0.25) is 5.02 Å². The monoisotopic (exact) mass is 390 g/mol. The SMILES string of the molecule is CCOC(=O)c1c(Nc2ccccc2)sc(CC(N)CO)c1Cl.Cl. The van der Waals surface area contributed by atoms with Crippen molar-refractivity contribution in [3.05, 3.63) is 45.8 Å². The number of carbonyl (C=O) groups is 1. The van der Waals surface area contributed by atoms with E-state index in [-0.39, 0.29) is 25.6 Å². The number of esters is 1. The second kappa shape index (κ2) is 9.86. The largest absolute Gasteiger partial charge is 0.462 e. The molecule has 1 aromatic carbocycles. The number of para-hydroxylation sites is 1.